The minimum absolute atomic E-state index is 0.00556. The van der Waals surface area contributed by atoms with Crippen LogP contribution in [0.5, 0.6) is 0 Å². The van der Waals surface area contributed by atoms with Gasteiger partial charge in [0.15, 0.2) is 0 Å². The highest BCUT2D eigenvalue weighted by Crippen LogP contribution is 2.16. The summed E-state index contributed by atoms with van der Waals surface area (Å²) in [6.07, 6.45) is 2.06. The van der Waals surface area contributed by atoms with Gasteiger partial charge in [-0.15, -0.1) is 0 Å². The molecule has 1 atom stereocenters. The number of hydrogen-bond acceptors (Lipinski definition) is 4. The van der Waals surface area contributed by atoms with Crippen LogP contribution in [0.1, 0.15) is 28.8 Å². The van der Waals surface area contributed by atoms with E-state index in [1.807, 2.05) is 18.0 Å². The van der Waals surface area contributed by atoms with Crippen LogP contribution in [-0.4, -0.2) is 60.4 Å². The minimum Gasteiger partial charge on any atom is -0.337 e. The molecule has 0 spiro atoms. The van der Waals surface area contributed by atoms with E-state index in [1.54, 1.807) is 18.2 Å². The van der Waals surface area contributed by atoms with E-state index in [0.717, 1.165) is 24.9 Å². The molecule has 0 aromatic heterocycles. The van der Waals surface area contributed by atoms with Crippen molar-refractivity contribution in [1.82, 2.24) is 20.4 Å². The normalized spacial score (nSPS) is 21.1. The number of amides is 4. The van der Waals surface area contributed by atoms with Crippen LogP contribution in [0, 0.1) is 0 Å². The summed E-state index contributed by atoms with van der Waals surface area (Å²) in [6, 6.07) is 7.11. The van der Waals surface area contributed by atoms with Crippen LogP contribution in [0.4, 0.5) is 4.79 Å². The molecule has 2 aliphatic heterocycles. The van der Waals surface area contributed by atoms with Crippen LogP contribution < -0.4 is 10.6 Å². The molecule has 2 aliphatic rings. The molecule has 7 nitrogen and oxygen atoms in total. The molecular weight excluding hydrogens is 308 g/mol. The molecule has 2 fully saturated rings. The lowest BCUT2D eigenvalue weighted by Crippen LogP contribution is -2.47. The number of likely N-dealkylation sites (N-methyl/N-ethyl adjacent to an activating group) is 1. The molecule has 2 heterocycles. The van der Waals surface area contributed by atoms with E-state index in [9.17, 15) is 14.4 Å². The molecule has 0 radical (unpaired) electrons. The fourth-order valence-electron chi connectivity index (χ4n) is 3.18. The second-order valence-electron chi connectivity index (χ2n) is 6.22. The number of benzene rings is 1. The Balaban J connectivity index is 1.71. The number of hydrogen-bond donors (Lipinski definition) is 2. The molecule has 1 aromatic rings. The molecule has 128 valence electrons. The smallest absolute Gasteiger partial charge is 0.324 e. The Kier molecular flexibility index (Phi) is 4.80. The monoisotopic (exact) mass is 330 g/mol. The average molecular weight is 330 g/mol. The zero-order chi connectivity index (χ0) is 17.1. The van der Waals surface area contributed by atoms with Crippen molar-refractivity contribution in [1.29, 1.82) is 0 Å². The predicted molar refractivity (Wildman–Crippen MR) is 88.4 cm³/mol. The van der Waals surface area contributed by atoms with E-state index < -0.39 is 0 Å². The van der Waals surface area contributed by atoms with Gasteiger partial charge in [0.1, 0.15) is 0 Å². The van der Waals surface area contributed by atoms with Crippen molar-refractivity contribution < 1.29 is 14.4 Å². The molecule has 0 bridgehead atoms. The Bertz CT molecular complexity index is 645. The number of likely N-dealkylation sites (tertiary alicyclic amines) is 1. The summed E-state index contributed by atoms with van der Waals surface area (Å²) in [4.78, 5) is 39.1. The quantitative estimate of drug-likeness (QED) is 0.791. The maximum absolute atomic E-state index is 12.7. The van der Waals surface area contributed by atoms with E-state index in [0.29, 0.717) is 18.2 Å². The third-order valence-corrected chi connectivity index (χ3v) is 4.57. The fraction of sp³-hybridized carbons (Fsp3) is 0.471. The number of urea groups is 1. The number of carbonyl (C=O) groups excluding carboxylic acids is 3. The highest BCUT2D eigenvalue weighted by Gasteiger charge is 2.29. The first-order valence-corrected chi connectivity index (χ1v) is 8.22. The lowest BCUT2D eigenvalue weighted by Gasteiger charge is -2.32. The number of piperidine rings is 1. The average Bonchev–Trinajstić information content (AvgIpc) is 2.93. The van der Waals surface area contributed by atoms with Crippen molar-refractivity contribution in [3.63, 3.8) is 0 Å². The van der Waals surface area contributed by atoms with Crippen molar-refractivity contribution in [2.45, 2.75) is 25.4 Å². The van der Waals surface area contributed by atoms with Gasteiger partial charge in [0.2, 0.25) is 5.91 Å². The first kappa shape index (κ1) is 16.4. The van der Waals surface area contributed by atoms with Crippen LogP contribution in [0.25, 0.3) is 0 Å². The standard InChI is InChI=1S/C17H22N4O3/c1-18-14-6-3-7-20(11-14)16(23)13-5-2-4-12(8-13)10-21-15(22)9-19-17(21)24/h2,4-5,8,14,18H,3,6-7,9-11H2,1H3,(H,19,24)/t14-/m1/s1. The maximum Gasteiger partial charge on any atom is 0.324 e. The van der Waals surface area contributed by atoms with Gasteiger partial charge in [0.25, 0.3) is 5.91 Å². The van der Waals surface area contributed by atoms with Crippen LogP contribution in [0.3, 0.4) is 0 Å². The molecule has 4 amide bonds. The van der Waals surface area contributed by atoms with Crippen molar-refractivity contribution in [3.05, 3.63) is 35.4 Å². The first-order valence-electron chi connectivity index (χ1n) is 8.22. The molecule has 24 heavy (non-hydrogen) atoms. The van der Waals surface area contributed by atoms with Crippen molar-refractivity contribution in [2.75, 3.05) is 26.7 Å². The van der Waals surface area contributed by atoms with E-state index in [4.69, 9.17) is 0 Å². The molecule has 0 unspecified atom stereocenters. The Morgan fingerprint density at radius 2 is 2.21 bits per heavy atom. The Labute approximate surface area is 141 Å². The van der Waals surface area contributed by atoms with Crippen molar-refractivity contribution in [3.8, 4) is 0 Å². The summed E-state index contributed by atoms with van der Waals surface area (Å²) in [5, 5.41) is 5.72. The van der Waals surface area contributed by atoms with E-state index in [1.165, 1.54) is 4.90 Å². The summed E-state index contributed by atoms with van der Waals surface area (Å²) < 4.78 is 0. The molecule has 1 aromatic carbocycles. The lowest BCUT2D eigenvalue weighted by atomic mass is 10.0. The fourth-order valence-corrected chi connectivity index (χ4v) is 3.18. The minimum atomic E-state index is -0.385. The third-order valence-electron chi connectivity index (χ3n) is 4.57. The second kappa shape index (κ2) is 7.00. The maximum atomic E-state index is 12.7. The van der Waals surface area contributed by atoms with Crippen molar-refractivity contribution >= 4 is 17.8 Å². The number of rotatable bonds is 4. The van der Waals surface area contributed by atoms with Gasteiger partial charge in [0.05, 0.1) is 13.1 Å². The van der Waals surface area contributed by atoms with Gasteiger partial charge < -0.3 is 15.5 Å². The summed E-state index contributed by atoms with van der Waals surface area (Å²) >= 11 is 0. The van der Waals surface area contributed by atoms with Crippen molar-refractivity contribution in [2.24, 2.45) is 0 Å². The predicted octanol–water partition coefficient (Wildman–Crippen LogP) is 0.562. The molecule has 0 saturated carbocycles. The molecule has 2 N–H and O–H groups in total. The third kappa shape index (κ3) is 3.41. The molecule has 3 rings (SSSR count). The second-order valence-corrected chi connectivity index (χ2v) is 6.22. The van der Waals surface area contributed by atoms with Gasteiger partial charge in [-0.05, 0) is 37.6 Å². The van der Waals surface area contributed by atoms with E-state index in [-0.39, 0.29) is 30.9 Å². The van der Waals surface area contributed by atoms with E-state index >= 15 is 0 Å². The number of nitrogens with zero attached hydrogens (tertiary/aromatic N) is 2. The van der Waals surface area contributed by atoms with Gasteiger partial charge in [-0.2, -0.15) is 0 Å². The molecule has 0 aliphatic carbocycles. The van der Waals surface area contributed by atoms with E-state index in [2.05, 4.69) is 10.6 Å². The Hall–Kier alpha value is -2.41. The molecular formula is C17H22N4O3. The van der Waals surface area contributed by atoms with Gasteiger partial charge in [-0.25, -0.2) is 4.79 Å². The Morgan fingerprint density at radius 3 is 2.92 bits per heavy atom. The van der Waals surface area contributed by atoms with Gasteiger partial charge in [-0.3, -0.25) is 14.5 Å². The van der Waals surface area contributed by atoms with Gasteiger partial charge >= 0.3 is 6.03 Å². The van der Waals surface area contributed by atoms with Crippen LogP contribution in [-0.2, 0) is 11.3 Å². The summed E-state index contributed by atoms with van der Waals surface area (Å²) in [7, 11) is 1.91. The molecule has 2 saturated heterocycles. The summed E-state index contributed by atoms with van der Waals surface area (Å²) in [6.45, 7) is 1.68. The highest BCUT2D eigenvalue weighted by atomic mass is 16.2. The number of nitrogens with one attached hydrogen (secondary N) is 2. The highest BCUT2D eigenvalue weighted by molar-refractivity contribution is 6.02. The zero-order valence-corrected chi connectivity index (χ0v) is 13.7. The number of imide groups is 1. The van der Waals surface area contributed by atoms with Crippen LogP contribution in [0.2, 0.25) is 0 Å². The van der Waals surface area contributed by atoms with Crippen LogP contribution in [0.15, 0.2) is 24.3 Å². The summed E-state index contributed by atoms with van der Waals surface area (Å²) in [5.41, 5.74) is 1.37. The number of carbonyl (C=O) groups is 3. The summed E-state index contributed by atoms with van der Waals surface area (Å²) in [5.74, 6) is -0.251. The topological polar surface area (TPSA) is 81.8 Å². The lowest BCUT2D eigenvalue weighted by molar-refractivity contribution is -0.125. The van der Waals surface area contributed by atoms with Gasteiger partial charge in [-0.1, -0.05) is 12.1 Å². The molecule has 7 heteroatoms. The SMILES string of the molecule is CN[C@@H]1CCCN(C(=O)c2cccc(CN3C(=O)CNC3=O)c2)C1. The van der Waals surface area contributed by atoms with Gasteiger partial charge in [0, 0.05) is 24.7 Å². The Morgan fingerprint density at radius 1 is 1.38 bits per heavy atom. The van der Waals surface area contributed by atoms with Crippen LogP contribution >= 0.6 is 0 Å². The largest absolute Gasteiger partial charge is 0.337 e. The first-order chi connectivity index (χ1) is 11.6. The zero-order valence-electron chi connectivity index (χ0n) is 13.7.